The lowest BCUT2D eigenvalue weighted by Gasteiger charge is -2.13. The number of nitrogens with one attached hydrogen (secondary N) is 3. The summed E-state index contributed by atoms with van der Waals surface area (Å²) in [5.74, 6) is -1.03. The number of carbonyl (C=O) groups excluding carboxylic acids is 2. The molecule has 3 heterocycles. The lowest BCUT2D eigenvalue weighted by atomic mass is 10.1. The van der Waals surface area contributed by atoms with E-state index in [1.165, 1.54) is 18.2 Å². The SMILES string of the molecule is O=C(NCCc1ccccn1)c1cc(CNc2ccccc2C(=O)Nc2ccc3c(c2)OC(F)(F)O3)ccn1. The normalized spacial score (nSPS) is 13.0. The summed E-state index contributed by atoms with van der Waals surface area (Å²) in [6.07, 6.45) is 0.115. The molecule has 1 aliphatic rings. The number of para-hydroxylation sites is 1. The number of ether oxygens (including phenoxy) is 2. The molecule has 1 aliphatic heterocycles. The minimum atomic E-state index is -3.74. The van der Waals surface area contributed by atoms with Crippen LogP contribution in [0.2, 0.25) is 0 Å². The monoisotopic (exact) mass is 531 g/mol. The summed E-state index contributed by atoms with van der Waals surface area (Å²) >= 11 is 0. The number of hydrogen-bond acceptors (Lipinski definition) is 7. The van der Waals surface area contributed by atoms with Crippen LogP contribution >= 0.6 is 0 Å². The van der Waals surface area contributed by atoms with E-state index in [1.54, 1.807) is 48.8 Å². The average molecular weight is 532 g/mol. The molecular formula is C28H23F2N5O4. The zero-order chi connectivity index (χ0) is 27.2. The number of pyridine rings is 2. The van der Waals surface area contributed by atoms with Gasteiger partial charge in [0, 0.05) is 55.0 Å². The van der Waals surface area contributed by atoms with Crippen LogP contribution in [0.3, 0.4) is 0 Å². The van der Waals surface area contributed by atoms with Crippen molar-refractivity contribution in [3.63, 3.8) is 0 Å². The van der Waals surface area contributed by atoms with Crippen molar-refractivity contribution in [1.29, 1.82) is 0 Å². The van der Waals surface area contributed by atoms with E-state index in [2.05, 4.69) is 35.4 Å². The van der Waals surface area contributed by atoms with Crippen molar-refractivity contribution in [2.75, 3.05) is 17.2 Å². The highest BCUT2D eigenvalue weighted by Gasteiger charge is 2.43. The maximum absolute atomic E-state index is 13.3. The maximum Gasteiger partial charge on any atom is 0.586 e. The van der Waals surface area contributed by atoms with Gasteiger partial charge in [0.15, 0.2) is 11.5 Å². The Hall–Kier alpha value is -5.06. The van der Waals surface area contributed by atoms with Gasteiger partial charge in [0.25, 0.3) is 11.8 Å². The van der Waals surface area contributed by atoms with E-state index in [4.69, 9.17) is 0 Å². The molecule has 0 radical (unpaired) electrons. The number of aromatic nitrogens is 2. The first-order chi connectivity index (χ1) is 18.9. The zero-order valence-electron chi connectivity index (χ0n) is 20.5. The molecule has 0 saturated carbocycles. The van der Waals surface area contributed by atoms with Crippen LogP contribution in [-0.2, 0) is 13.0 Å². The van der Waals surface area contributed by atoms with Gasteiger partial charge in [-0.2, -0.15) is 0 Å². The molecule has 0 unspecified atom stereocenters. The summed E-state index contributed by atoms with van der Waals surface area (Å²) in [6.45, 7) is 0.744. The lowest BCUT2D eigenvalue weighted by molar-refractivity contribution is -0.286. The lowest BCUT2D eigenvalue weighted by Crippen LogP contribution is -2.26. The van der Waals surface area contributed by atoms with Crippen LogP contribution in [0, 0.1) is 0 Å². The van der Waals surface area contributed by atoms with E-state index in [1.807, 2.05) is 18.2 Å². The first-order valence-corrected chi connectivity index (χ1v) is 12.0. The van der Waals surface area contributed by atoms with Gasteiger partial charge in [0.1, 0.15) is 5.69 Å². The second-order valence-corrected chi connectivity index (χ2v) is 8.56. The molecule has 11 heteroatoms. The molecule has 2 aromatic carbocycles. The molecule has 0 saturated heterocycles. The Labute approximate surface area is 222 Å². The smallest absolute Gasteiger partial charge is 0.395 e. The third-order valence-corrected chi connectivity index (χ3v) is 5.76. The van der Waals surface area contributed by atoms with E-state index in [-0.39, 0.29) is 28.8 Å². The maximum atomic E-state index is 13.3. The predicted octanol–water partition coefficient (Wildman–Crippen LogP) is 4.64. The van der Waals surface area contributed by atoms with Gasteiger partial charge in [-0.05, 0) is 54.1 Å². The Bertz CT molecular complexity index is 1500. The molecule has 2 aromatic heterocycles. The van der Waals surface area contributed by atoms with Gasteiger partial charge < -0.3 is 25.4 Å². The van der Waals surface area contributed by atoms with Crippen molar-refractivity contribution >= 4 is 23.2 Å². The van der Waals surface area contributed by atoms with Crippen molar-refractivity contribution in [2.45, 2.75) is 19.3 Å². The van der Waals surface area contributed by atoms with Crippen LogP contribution in [0.25, 0.3) is 0 Å². The van der Waals surface area contributed by atoms with Crippen molar-refractivity contribution in [1.82, 2.24) is 15.3 Å². The highest BCUT2D eigenvalue weighted by atomic mass is 19.3. The van der Waals surface area contributed by atoms with E-state index in [0.717, 1.165) is 11.3 Å². The fraction of sp³-hybridized carbons (Fsp3) is 0.143. The average Bonchev–Trinajstić information content (AvgIpc) is 3.25. The van der Waals surface area contributed by atoms with Gasteiger partial charge in [-0.15, -0.1) is 8.78 Å². The molecule has 198 valence electrons. The van der Waals surface area contributed by atoms with Crippen LogP contribution in [-0.4, -0.2) is 34.6 Å². The summed E-state index contributed by atoms with van der Waals surface area (Å²) in [5.41, 5.74) is 3.08. The van der Waals surface area contributed by atoms with Crippen LogP contribution in [0.5, 0.6) is 11.5 Å². The third kappa shape index (κ3) is 6.45. The molecule has 39 heavy (non-hydrogen) atoms. The fourth-order valence-corrected chi connectivity index (χ4v) is 3.91. The van der Waals surface area contributed by atoms with E-state index in [9.17, 15) is 18.4 Å². The Balaban J connectivity index is 1.19. The Morgan fingerprint density at radius 1 is 0.846 bits per heavy atom. The molecule has 0 fully saturated rings. The number of fused-ring (bicyclic) bond motifs is 1. The van der Waals surface area contributed by atoms with Crippen LogP contribution in [0.4, 0.5) is 20.2 Å². The molecule has 0 bridgehead atoms. The quantitative estimate of drug-likeness (QED) is 0.288. The number of amides is 2. The van der Waals surface area contributed by atoms with Crippen molar-refractivity contribution in [3.05, 3.63) is 108 Å². The fourth-order valence-electron chi connectivity index (χ4n) is 3.91. The van der Waals surface area contributed by atoms with Gasteiger partial charge in [0.2, 0.25) is 0 Å². The number of nitrogens with zero attached hydrogens (tertiary/aromatic N) is 2. The number of halogens is 2. The number of rotatable bonds is 9. The number of carbonyl (C=O) groups is 2. The molecule has 2 amide bonds. The Kier molecular flexibility index (Phi) is 7.30. The van der Waals surface area contributed by atoms with Crippen molar-refractivity contribution < 1.29 is 27.8 Å². The standard InChI is InChI=1S/C28H23F2N5O4/c29-28(30)38-24-9-8-20(16-25(24)39-28)35-26(36)21-6-1-2-7-22(21)34-17-18-10-13-32-23(15-18)27(37)33-14-11-19-5-3-4-12-31-19/h1-10,12-13,15-16,34H,11,14,17H2,(H,33,37)(H,35,36). The number of alkyl halides is 2. The summed E-state index contributed by atoms with van der Waals surface area (Å²) in [4.78, 5) is 33.9. The third-order valence-electron chi connectivity index (χ3n) is 5.76. The van der Waals surface area contributed by atoms with E-state index >= 15 is 0 Å². The summed E-state index contributed by atoms with van der Waals surface area (Å²) in [6, 6.07) is 19.9. The van der Waals surface area contributed by atoms with Gasteiger partial charge >= 0.3 is 6.29 Å². The van der Waals surface area contributed by atoms with Crippen LogP contribution in [0.1, 0.15) is 32.1 Å². The van der Waals surface area contributed by atoms with Gasteiger partial charge in [-0.25, -0.2) is 0 Å². The van der Waals surface area contributed by atoms with Crippen molar-refractivity contribution in [2.24, 2.45) is 0 Å². The first-order valence-electron chi connectivity index (χ1n) is 12.0. The number of hydrogen-bond donors (Lipinski definition) is 3. The van der Waals surface area contributed by atoms with Crippen LogP contribution < -0.4 is 25.4 Å². The number of anilines is 2. The minimum absolute atomic E-state index is 0.112. The zero-order valence-corrected chi connectivity index (χ0v) is 20.5. The molecule has 5 rings (SSSR count). The summed E-state index contributed by atoms with van der Waals surface area (Å²) < 4.78 is 35.4. The highest BCUT2D eigenvalue weighted by molar-refractivity contribution is 6.08. The summed E-state index contributed by atoms with van der Waals surface area (Å²) in [7, 11) is 0. The molecule has 3 N–H and O–H groups in total. The van der Waals surface area contributed by atoms with Gasteiger partial charge in [0.05, 0.1) is 5.56 Å². The molecule has 9 nitrogen and oxygen atoms in total. The van der Waals surface area contributed by atoms with E-state index < -0.39 is 12.2 Å². The molecular weight excluding hydrogens is 508 g/mol. The Morgan fingerprint density at radius 3 is 2.51 bits per heavy atom. The predicted molar refractivity (Wildman–Crippen MR) is 139 cm³/mol. The molecule has 4 aromatic rings. The van der Waals surface area contributed by atoms with Crippen LogP contribution in [0.15, 0.2) is 85.2 Å². The second kappa shape index (κ2) is 11.1. The summed E-state index contributed by atoms with van der Waals surface area (Å²) in [5, 5.41) is 8.73. The van der Waals surface area contributed by atoms with Gasteiger partial charge in [-0.1, -0.05) is 18.2 Å². The first kappa shape index (κ1) is 25.6. The van der Waals surface area contributed by atoms with Crippen molar-refractivity contribution in [3.8, 4) is 11.5 Å². The highest BCUT2D eigenvalue weighted by Crippen LogP contribution is 2.42. The second-order valence-electron chi connectivity index (χ2n) is 8.56. The molecule has 0 atom stereocenters. The molecule has 0 spiro atoms. The minimum Gasteiger partial charge on any atom is -0.395 e. The van der Waals surface area contributed by atoms with Gasteiger partial charge in [-0.3, -0.25) is 19.6 Å². The van der Waals surface area contributed by atoms with E-state index in [0.29, 0.717) is 30.8 Å². The molecule has 0 aliphatic carbocycles. The topological polar surface area (TPSA) is 114 Å². The Morgan fingerprint density at radius 2 is 1.67 bits per heavy atom. The largest absolute Gasteiger partial charge is 0.586 e. The number of benzene rings is 2.